The average Bonchev–Trinajstić information content (AvgIpc) is 3.02. The summed E-state index contributed by atoms with van der Waals surface area (Å²) in [7, 11) is 1.74. The molecule has 0 spiro atoms. The Hall–Kier alpha value is -1.60. The minimum atomic E-state index is 0.0116. The largest absolute Gasteiger partial charge is 0.383 e. The van der Waals surface area contributed by atoms with Gasteiger partial charge in [0, 0.05) is 57.0 Å². The van der Waals surface area contributed by atoms with Crippen molar-refractivity contribution < 1.29 is 9.53 Å². The van der Waals surface area contributed by atoms with E-state index in [4.69, 9.17) is 4.74 Å². The summed E-state index contributed by atoms with van der Waals surface area (Å²) in [6.45, 7) is 8.39. The second-order valence-electron chi connectivity index (χ2n) is 7.48. The molecule has 2 aliphatic rings. The predicted molar refractivity (Wildman–Crippen MR) is 92.0 cm³/mol. The Bertz CT molecular complexity index is 563. The van der Waals surface area contributed by atoms with Crippen molar-refractivity contribution in [1.82, 2.24) is 25.3 Å². The standard InChI is InChI=1S/C17H29N5O2/c1-17(2,12-24-3)22-8-6-21(7-9-22)16(23)19-14-5-4-13-11-18-20-15(13)10-14/h11,14H,4-10,12H2,1-3H3,(H,18,20)(H,19,23). The van der Waals surface area contributed by atoms with Crippen molar-refractivity contribution >= 4 is 6.03 Å². The lowest BCUT2D eigenvalue weighted by Crippen LogP contribution is -2.59. The Balaban J connectivity index is 1.48. The number of amides is 2. The molecule has 0 saturated carbocycles. The normalized spacial score (nSPS) is 22.3. The zero-order valence-electron chi connectivity index (χ0n) is 15.0. The zero-order chi connectivity index (χ0) is 17.2. The van der Waals surface area contributed by atoms with Gasteiger partial charge in [0.05, 0.1) is 12.8 Å². The molecule has 7 heteroatoms. The van der Waals surface area contributed by atoms with Crippen molar-refractivity contribution in [2.75, 3.05) is 39.9 Å². The van der Waals surface area contributed by atoms with Crippen LogP contribution in [0.25, 0.3) is 0 Å². The molecule has 0 bridgehead atoms. The molecule has 3 rings (SSSR count). The molecule has 1 aromatic heterocycles. The molecule has 1 aliphatic heterocycles. The molecule has 1 unspecified atom stereocenters. The molecule has 7 nitrogen and oxygen atoms in total. The van der Waals surface area contributed by atoms with Crippen molar-refractivity contribution in [3.05, 3.63) is 17.5 Å². The predicted octanol–water partition coefficient (Wildman–Crippen LogP) is 1.02. The Kier molecular flexibility index (Phi) is 5.10. The van der Waals surface area contributed by atoms with E-state index in [1.54, 1.807) is 7.11 Å². The van der Waals surface area contributed by atoms with Crippen molar-refractivity contribution in [3.63, 3.8) is 0 Å². The number of ether oxygens (including phenoxy) is 1. The summed E-state index contributed by atoms with van der Waals surface area (Å²) >= 11 is 0. The van der Waals surface area contributed by atoms with E-state index in [9.17, 15) is 4.79 Å². The van der Waals surface area contributed by atoms with Gasteiger partial charge in [-0.1, -0.05) is 0 Å². The van der Waals surface area contributed by atoms with Gasteiger partial charge in [-0.15, -0.1) is 0 Å². The number of rotatable bonds is 4. The van der Waals surface area contributed by atoms with Crippen LogP contribution in [0.5, 0.6) is 0 Å². The van der Waals surface area contributed by atoms with Gasteiger partial charge < -0.3 is 15.0 Å². The van der Waals surface area contributed by atoms with Gasteiger partial charge >= 0.3 is 6.03 Å². The van der Waals surface area contributed by atoms with E-state index in [1.165, 1.54) is 5.56 Å². The van der Waals surface area contributed by atoms with E-state index in [1.807, 2.05) is 11.1 Å². The molecular formula is C17H29N5O2. The number of nitrogens with zero attached hydrogens (tertiary/aromatic N) is 3. The van der Waals surface area contributed by atoms with E-state index < -0.39 is 0 Å². The van der Waals surface area contributed by atoms with Gasteiger partial charge in [-0.2, -0.15) is 5.10 Å². The monoisotopic (exact) mass is 335 g/mol. The highest BCUT2D eigenvalue weighted by Crippen LogP contribution is 2.20. The molecule has 24 heavy (non-hydrogen) atoms. The maximum absolute atomic E-state index is 12.5. The van der Waals surface area contributed by atoms with E-state index in [0.717, 1.165) is 51.1 Å². The summed E-state index contributed by atoms with van der Waals surface area (Å²) < 4.78 is 5.31. The van der Waals surface area contributed by atoms with Crippen molar-refractivity contribution in [3.8, 4) is 0 Å². The molecule has 1 atom stereocenters. The number of methoxy groups -OCH3 is 1. The second-order valence-corrected chi connectivity index (χ2v) is 7.48. The topological polar surface area (TPSA) is 73.5 Å². The summed E-state index contributed by atoms with van der Waals surface area (Å²) in [5, 5.41) is 10.3. The van der Waals surface area contributed by atoms with Gasteiger partial charge in [-0.25, -0.2) is 4.79 Å². The van der Waals surface area contributed by atoms with Crippen LogP contribution in [0.3, 0.4) is 0 Å². The van der Waals surface area contributed by atoms with Crippen LogP contribution in [0.1, 0.15) is 31.5 Å². The van der Waals surface area contributed by atoms with Crippen LogP contribution >= 0.6 is 0 Å². The zero-order valence-corrected chi connectivity index (χ0v) is 15.0. The number of carbonyl (C=O) groups excluding carboxylic acids is 1. The Labute approximate surface area is 143 Å². The molecule has 1 aliphatic carbocycles. The van der Waals surface area contributed by atoms with Gasteiger partial charge in [-0.05, 0) is 32.3 Å². The highest BCUT2D eigenvalue weighted by Gasteiger charge is 2.32. The van der Waals surface area contributed by atoms with Gasteiger partial charge in [0.1, 0.15) is 0 Å². The van der Waals surface area contributed by atoms with E-state index in [2.05, 4.69) is 34.3 Å². The van der Waals surface area contributed by atoms with Crippen LogP contribution in [-0.2, 0) is 17.6 Å². The fourth-order valence-electron chi connectivity index (χ4n) is 3.76. The van der Waals surface area contributed by atoms with Gasteiger partial charge in [0.15, 0.2) is 0 Å². The summed E-state index contributed by atoms with van der Waals surface area (Å²) in [6.07, 6.45) is 4.71. The number of hydrogen-bond acceptors (Lipinski definition) is 4. The highest BCUT2D eigenvalue weighted by atomic mass is 16.5. The fraction of sp³-hybridized carbons (Fsp3) is 0.765. The maximum Gasteiger partial charge on any atom is 0.317 e. The third-order valence-corrected chi connectivity index (χ3v) is 5.27. The van der Waals surface area contributed by atoms with Crippen molar-refractivity contribution in [2.45, 2.75) is 44.7 Å². The number of urea groups is 1. The van der Waals surface area contributed by atoms with Crippen LogP contribution in [0, 0.1) is 0 Å². The minimum Gasteiger partial charge on any atom is -0.383 e. The first-order valence-electron chi connectivity index (χ1n) is 8.80. The number of H-pyrrole nitrogens is 1. The molecule has 1 aromatic rings. The number of piperazine rings is 1. The van der Waals surface area contributed by atoms with E-state index in [-0.39, 0.29) is 17.6 Å². The molecule has 1 fully saturated rings. The highest BCUT2D eigenvalue weighted by molar-refractivity contribution is 5.74. The summed E-state index contributed by atoms with van der Waals surface area (Å²) in [5.41, 5.74) is 2.46. The number of nitrogens with one attached hydrogen (secondary N) is 2. The van der Waals surface area contributed by atoms with Crippen molar-refractivity contribution in [2.24, 2.45) is 0 Å². The third-order valence-electron chi connectivity index (χ3n) is 5.27. The quantitative estimate of drug-likeness (QED) is 0.862. The van der Waals surface area contributed by atoms with Crippen LogP contribution in [-0.4, -0.2) is 77.5 Å². The molecular weight excluding hydrogens is 306 g/mol. The van der Waals surface area contributed by atoms with Crippen LogP contribution in [0.2, 0.25) is 0 Å². The average molecular weight is 335 g/mol. The van der Waals surface area contributed by atoms with Crippen LogP contribution < -0.4 is 5.32 Å². The van der Waals surface area contributed by atoms with E-state index >= 15 is 0 Å². The Morgan fingerprint density at radius 3 is 2.88 bits per heavy atom. The lowest BCUT2D eigenvalue weighted by molar-refractivity contribution is 0.00905. The minimum absolute atomic E-state index is 0.0116. The van der Waals surface area contributed by atoms with Gasteiger partial charge in [0.25, 0.3) is 0 Å². The maximum atomic E-state index is 12.5. The van der Waals surface area contributed by atoms with Gasteiger partial charge in [0.2, 0.25) is 0 Å². The van der Waals surface area contributed by atoms with E-state index in [0.29, 0.717) is 6.61 Å². The van der Waals surface area contributed by atoms with Crippen LogP contribution in [0.15, 0.2) is 6.20 Å². The van der Waals surface area contributed by atoms with Gasteiger partial charge in [-0.3, -0.25) is 10.00 Å². The molecule has 2 N–H and O–H groups in total. The third kappa shape index (κ3) is 3.72. The molecule has 0 aromatic carbocycles. The first-order valence-corrected chi connectivity index (χ1v) is 8.80. The first kappa shape index (κ1) is 17.2. The SMILES string of the molecule is COCC(C)(C)N1CCN(C(=O)NC2CCc3cn[nH]c3C2)CC1. The summed E-state index contributed by atoms with van der Waals surface area (Å²) in [4.78, 5) is 16.9. The lowest BCUT2D eigenvalue weighted by Gasteiger charge is -2.43. The fourth-order valence-corrected chi connectivity index (χ4v) is 3.76. The molecule has 0 radical (unpaired) electrons. The lowest BCUT2D eigenvalue weighted by atomic mass is 9.94. The second kappa shape index (κ2) is 7.11. The Morgan fingerprint density at radius 2 is 2.17 bits per heavy atom. The Morgan fingerprint density at radius 1 is 1.42 bits per heavy atom. The molecule has 134 valence electrons. The molecule has 2 amide bonds. The smallest absolute Gasteiger partial charge is 0.317 e. The first-order chi connectivity index (χ1) is 11.5. The number of aromatic amines is 1. The number of carbonyl (C=O) groups is 1. The van der Waals surface area contributed by atoms with Crippen molar-refractivity contribution in [1.29, 1.82) is 0 Å². The molecule has 1 saturated heterocycles. The number of fused-ring (bicyclic) bond motifs is 1. The number of hydrogen-bond donors (Lipinski definition) is 2. The van der Waals surface area contributed by atoms with Crippen LogP contribution in [0.4, 0.5) is 4.79 Å². The number of aryl methyl sites for hydroxylation is 1. The summed E-state index contributed by atoms with van der Waals surface area (Å²) in [5.74, 6) is 0. The number of aromatic nitrogens is 2. The molecule has 2 heterocycles. The summed E-state index contributed by atoms with van der Waals surface area (Å²) in [6, 6.07) is 0.264.